The summed E-state index contributed by atoms with van der Waals surface area (Å²) in [4.78, 5) is 24.6. The Labute approximate surface area is 188 Å². The van der Waals surface area contributed by atoms with Gasteiger partial charge in [-0.2, -0.15) is 0 Å². The van der Waals surface area contributed by atoms with Crippen molar-refractivity contribution in [2.75, 3.05) is 40.1 Å². The summed E-state index contributed by atoms with van der Waals surface area (Å²) in [5, 5.41) is 2.74. The molecule has 174 valence electrons. The van der Waals surface area contributed by atoms with Crippen LogP contribution in [0.15, 0.2) is 36.4 Å². The van der Waals surface area contributed by atoms with Crippen molar-refractivity contribution < 1.29 is 33.3 Å². The number of nitrogens with one attached hydrogen (secondary N) is 1. The maximum atomic E-state index is 12.5. The summed E-state index contributed by atoms with van der Waals surface area (Å²) in [7, 11) is 1.61. The normalized spacial score (nSPS) is 10.2. The lowest BCUT2D eigenvalue weighted by Gasteiger charge is -2.16. The Morgan fingerprint density at radius 3 is 2.00 bits per heavy atom. The van der Waals surface area contributed by atoms with Crippen LogP contribution in [0, 0.1) is 0 Å². The number of hydrogen-bond acceptors (Lipinski definition) is 7. The predicted octanol–water partition coefficient (Wildman–Crippen LogP) is 3.41. The molecule has 0 aliphatic rings. The first-order chi connectivity index (χ1) is 15.5. The summed E-state index contributed by atoms with van der Waals surface area (Å²) in [6.07, 6.45) is 0.651. The van der Waals surface area contributed by atoms with Crippen molar-refractivity contribution in [3.63, 3.8) is 0 Å². The SMILES string of the molecule is CCOc1cc(C(=O)OCC(=O)NCCc2ccc(OC)cc2)cc(OCC)c1OCC. The van der Waals surface area contributed by atoms with E-state index in [9.17, 15) is 9.59 Å². The van der Waals surface area contributed by atoms with Crippen LogP contribution in [-0.2, 0) is 16.0 Å². The second-order valence-electron chi connectivity index (χ2n) is 6.62. The smallest absolute Gasteiger partial charge is 0.338 e. The average Bonchev–Trinajstić information content (AvgIpc) is 2.80. The maximum Gasteiger partial charge on any atom is 0.338 e. The van der Waals surface area contributed by atoms with E-state index < -0.39 is 5.97 Å². The van der Waals surface area contributed by atoms with Crippen molar-refractivity contribution in [3.8, 4) is 23.0 Å². The second kappa shape index (κ2) is 13.1. The second-order valence-corrected chi connectivity index (χ2v) is 6.62. The van der Waals surface area contributed by atoms with Gasteiger partial charge in [-0.3, -0.25) is 4.79 Å². The minimum Gasteiger partial charge on any atom is -0.497 e. The van der Waals surface area contributed by atoms with Crippen LogP contribution in [0.3, 0.4) is 0 Å². The molecule has 0 spiro atoms. The summed E-state index contributed by atoms with van der Waals surface area (Å²) in [5.74, 6) is 0.948. The highest BCUT2D eigenvalue weighted by molar-refractivity contribution is 5.92. The fourth-order valence-electron chi connectivity index (χ4n) is 2.91. The van der Waals surface area contributed by atoms with Gasteiger partial charge in [-0.1, -0.05) is 12.1 Å². The van der Waals surface area contributed by atoms with E-state index in [2.05, 4.69) is 5.32 Å². The lowest BCUT2D eigenvalue weighted by atomic mass is 10.1. The molecule has 0 radical (unpaired) electrons. The van der Waals surface area contributed by atoms with Gasteiger partial charge in [-0.05, 0) is 57.0 Å². The zero-order chi connectivity index (χ0) is 23.3. The summed E-state index contributed by atoms with van der Waals surface area (Å²) in [5.41, 5.74) is 1.27. The van der Waals surface area contributed by atoms with Gasteiger partial charge < -0.3 is 29.0 Å². The molecule has 0 fully saturated rings. The number of esters is 1. The zero-order valence-electron chi connectivity index (χ0n) is 19.1. The third kappa shape index (κ3) is 7.37. The van der Waals surface area contributed by atoms with E-state index in [1.807, 2.05) is 45.0 Å². The molecule has 2 aromatic rings. The standard InChI is InChI=1S/C24H31NO7/c1-5-29-20-14-18(15-21(30-6-2)23(20)31-7-3)24(27)32-16-22(26)25-13-12-17-8-10-19(28-4)11-9-17/h8-11,14-15H,5-7,12-13,16H2,1-4H3,(H,25,26). The lowest BCUT2D eigenvalue weighted by molar-refractivity contribution is -0.124. The Morgan fingerprint density at radius 1 is 0.875 bits per heavy atom. The molecular formula is C24H31NO7. The molecule has 0 aromatic heterocycles. The molecule has 0 saturated heterocycles. The zero-order valence-corrected chi connectivity index (χ0v) is 19.1. The van der Waals surface area contributed by atoms with E-state index in [4.69, 9.17) is 23.7 Å². The van der Waals surface area contributed by atoms with Crippen LogP contribution in [0.2, 0.25) is 0 Å². The van der Waals surface area contributed by atoms with E-state index in [0.717, 1.165) is 11.3 Å². The van der Waals surface area contributed by atoms with Crippen molar-refractivity contribution in [1.82, 2.24) is 5.32 Å². The third-order valence-corrected chi connectivity index (χ3v) is 4.37. The Hall–Kier alpha value is -3.42. The Morgan fingerprint density at radius 2 is 1.47 bits per heavy atom. The van der Waals surface area contributed by atoms with E-state index in [1.54, 1.807) is 7.11 Å². The first-order valence-corrected chi connectivity index (χ1v) is 10.6. The highest BCUT2D eigenvalue weighted by Gasteiger charge is 2.19. The summed E-state index contributed by atoms with van der Waals surface area (Å²) >= 11 is 0. The van der Waals surface area contributed by atoms with E-state index in [-0.39, 0.29) is 18.1 Å². The predicted molar refractivity (Wildman–Crippen MR) is 120 cm³/mol. The van der Waals surface area contributed by atoms with Crippen molar-refractivity contribution in [3.05, 3.63) is 47.5 Å². The molecule has 8 heteroatoms. The average molecular weight is 446 g/mol. The fourth-order valence-corrected chi connectivity index (χ4v) is 2.91. The van der Waals surface area contributed by atoms with Crippen LogP contribution in [0.4, 0.5) is 0 Å². The van der Waals surface area contributed by atoms with Crippen LogP contribution in [-0.4, -0.2) is 52.0 Å². The third-order valence-electron chi connectivity index (χ3n) is 4.37. The van der Waals surface area contributed by atoms with Crippen LogP contribution in [0.5, 0.6) is 23.0 Å². The molecule has 0 bridgehead atoms. The van der Waals surface area contributed by atoms with Gasteiger partial charge in [0.25, 0.3) is 5.91 Å². The first-order valence-electron chi connectivity index (χ1n) is 10.6. The summed E-state index contributed by atoms with van der Waals surface area (Å²) in [6.45, 7) is 6.75. The fraction of sp³-hybridized carbons (Fsp3) is 0.417. The van der Waals surface area contributed by atoms with Gasteiger partial charge in [0.05, 0.1) is 32.5 Å². The highest BCUT2D eigenvalue weighted by atomic mass is 16.5. The molecule has 0 aliphatic carbocycles. The molecule has 0 heterocycles. The first kappa shape index (κ1) is 24.8. The van der Waals surface area contributed by atoms with Gasteiger partial charge in [0, 0.05) is 6.54 Å². The van der Waals surface area contributed by atoms with Gasteiger partial charge in [0.1, 0.15) is 5.75 Å². The Balaban J connectivity index is 1.93. The van der Waals surface area contributed by atoms with E-state index in [1.165, 1.54) is 12.1 Å². The number of amides is 1. The molecule has 2 aromatic carbocycles. The van der Waals surface area contributed by atoms with Crippen molar-refractivity contribution in [2.24, 2.45) is 0 Å². The molecule has 0 atom stereocenters. The highest BCUT2D eigenvalue weighted by Crippen LogP contribution is 2.39. The van der Waals surface area contributed by atoms with E-state index in [0.29, 0.717) is 50.0 Å². The van der Waals surface area contributed by atoms with Gasteiger partial charge in [0.2, 0.25) is 5.75 Å². The van der Waals surface area contributed by atoms with Gasteiger partial charge >= 0.3 is 5.97 Å². The molecule has 8 nitrogen and oxygen atoms in total. The van der Waals surface area contributed by atoms with Gasteiger partial charge in [-0.25, -0.2) is 4.79 Å². The molecule has 32 heavy (non-hydrogen) atoms. The largest absolute Gasteiger partial charge is 0.497 e. The molecular weight excluding hydrogens is 414 g/mol. The van der Waals surface area contributed by atoms with Gasteiger partial charge in [-0.15, -0.1) is 0 Å². The Bertz CT molecular complexity index is 853. The number of ether oxygens (including phenoxy) is 5. The van der Waals surface area contributed by atoms with E-state index >= 15 is 0 Å². The monoisotopic (exact) mass is 445 g/mol. The molecule has 0 unspecified atom stereocenters. The number of rotatable bonds is 13. The van der Waals surface area contributed by atoms with Crippen LogP contribution < -0.4 is 24.3 Å². The summed E-state index contributed by atoms with van der Waals surface area (Å²) < 4.78 is 27.1. The molecule has 0 aliphatic heterocycles. The number of methoxy groups -OCH3 is 1. The Kier molecular flexibility index (Phi) is 10.2. The quantitative estimate of drug-likeness (QED) is 0.472. The minimum absolute atomic E-state index is 0.214. The number of hydrogen-bond donors (Lipinski definition) is 1. The van der Waals surface area contributed by atoms with Crippen molar-refractivity contribution in [2.45, 2.75) is 27.2 Å². The van der Waals surface area contributed by atoms with Crippen molar-refractivity contribution in [1.29, 1.82) is 0 Å². The van der Waals surface area contributed by atoms with Crippen molar-refractivity contribution >= 4 is 11.9 Å². The minimum atomic E-state index is -0.653. The van der Waals surface area contributed by atoms with Crippen LogP contribution in [0.25, 0.3) is 0 Å². The molecule has 1 amide bonds. The molecule has 2 rings (SSSR count). The topological polar surface area (TPSA) is 92.3 Å². The molecule has 1 N–H and O–H groups in total. The number of benzene rings is 2. The number of carbonyl (C=O) groups is 2. The maximum absolute atomic E-state index is 12.5. The number of carbonyl (C=O) groups excluding carboxylic acids is 2. The molecule has 0 saturated carbocycles. The summed E-state index contributed by atoms with van der Waals surface area (Å²) in [6, 6.07) is 10.7. The van der Waals surface area contributed by atoms with Crippen LogP contribution >= 0.6 is 0 Å². The van der Waals surface area contributed by atoms with Crippen LogP contribution in [0.1, 0.15) is 36.7 Å². The lowest BCUT2D eigenvalue weighted by Crippen LogP contribution is -2.30. The van der Waals surface area contributed by atoms with Gasteiger partial charge in [0.15, 0.2) is 18.1 Å².